The fourth-order valence-electron chi connectivity index (χ4n) is 3.33. The van der Waals surface area contributed by atoms with Gasteiger partial charge in [0.1, 0.15) is 0 Å². The lowest BCUT2D eigenvalue weighted by atomic mass is 10.1. The van der Waals surface area contributed by atoms with Crippen molar-refractivity contribution in [1.29, 1.82) is 0 Å². The van der Waals surface area contributed by atoms with Crippen LogP contribution in [0.2, 0.25) is 5.02 Å². The van der Waals surface area contributed by atoms with E-state index in [2.05, 4.69) is 5.43 Å². The van der Waals surface area contributed by atoms with Crippen molar-refractivity contribution in [1.82, 2.24) is 10.4 Å². The van der Waals surface area contributed by atoms with E-state index in [0.717, 1.165) is 28.9 Å². The number of amides is 3. The molecule has 0 saturated carbocycles. The van der Waals surface area contributed by atoms with Gasteiger partial charge >= 0.3 is 0 Å². The van der Waals surface area contributed by atoms with Gasteiger partial charge in [0.2, 0.25) is 0 Å². The van der Waals surface area contributed by atoms with Gasteiger partial charge in [-0.15, -0.1) is 0 Å². The Morgan fingerprint density at radius 3 is 2.50 bits per heavy atom. The Morgan fingerprint density at radius 1 is 1.10 bits per heavy atom. The van der Waals surface area contributed by atoms with E-state index in [9.17, 15) is 14.4 Å². The molecule has 1 saturated heterocycles. The molecular formula is C21H16ClN3O3S2. The van der Waals surface area contributed by atoms with Crippen molar-refractivity contribution in [3.8, 4) is 0 Å². The zero-order valence-electron chi connectivity index (χ0n) is 15.8. The number of carbonyl (C=O) groups excluding carboxylic acids is 3. The third-order valence-electron chi connectivity index (χ3n) is 4.69. The fourth-order valence-corrected chi connectivity index (χ4v) is 4.70. The normalized spacial score (nSPS) is 18.3. The molecule has 30 heavy (non-hydrogen) atoms. The summed E-state index contributed by atoms with van der Waals surface area (Å²) in [5.74, 6) is -1.26. The Kier molecular flexibility index (Phi) is 5.64. The number of thioether (sulfide) groups is 1. The molecule has 2 aliphatic heterocycles. The minimum atomic E-state index is -0.524. The molecule has 0 atom stereocenters. The summed E-state index contributed by atoms with van der Waals surface area (Å²) < 4.78 is 0.157. The number of hydrazine groups is 1. The summed E-state index contributed by atoms with van der Waals surface area (Å²) in [6, 6.07) is 13.6. The van der Waals surface area contributed by atoms with E-state index < -0.39 is 11.8 Å². The van der Waals surface area contributed by atoms with Gasteiger partial charge in [0, 0.05) is 22.7 Å². The van der Waals surface area contributed by atoms with Gasteiger partial charge in [-0.3, -0.25) is 19.8 Å². The number of para-hydroxylation sites is 1. The summed E-state index contributed by atoms with van der Waals surface area (Å²) in [5.41, 5.74) is 4.64. The average molecular weight is 458 g/mol. The summed E-state index contributed by atoms with van der Waals surface area (Å²) in [6.07, 6.45) is 0.783. The second kappa shape index (κ2) is 8.22. The Balaban J connectivity index is 1.67. The number of hydrogen-bond acceptors (Lipinski definition) is 5. The molecular weight excluding hydrogens is 442 g/mol. The number of fused-ring (bicyclic) bond motifs is 1. The number of nitrogens with zero attached hydrogens (tertiary/aromatic N) is 2. The van der Waals surface area contributed by atoms with Crippen LogP contribution in [0.25, 0.3) is 5.57 Å². The fraction of sp³-hybridized carbons (Fsp3) is 0.143. The van der Waals surface area contributed by atoms with Crippen molar-refractivity contribution in [2.75, 3.05) is 11.4 Å². The van der Waals surface area contributed by atoms with Gasteiger partial charge in [-0.2, -0.15) is 5.01 Å². The molecule has 2 heterocycles. The maximum absolute atomic E-state index is 13.1. The van der Waals surface area contributed by atoms with Crippen LogP contribution in [0.5, 0.6) is 0 Å². The first-order valence-corrected chi connectivity index (χ1v) is 10.8. The number of carbonyl (C=O) groups is 3. The van der Waals surface area contributed by atoms with Gasteiger partial charge in [0.05, 0.1) is 16.2 Å². The van der Waals surface area contributed by atoms with E-state index in [1.54, 1.807) is 29.2 Å². The molecule has 0 spiro atoms. The monoisotopic (exact) mass is 457 g/mol. The maximum Gasteiger partial charge on any atom is 0.286 e. The second-order valence-electron chi connectivity index (χ2n) is 6.63. The summed E-state index contributed by atoms with van der Waals surface area (Å²) in [5, 5.41) is 1.51. The van der Waals surface area contributed by atoms with Crippen molar-refractivity contribution in [3.63, 3.8) is 0 Å². The van der Waals surface area contributed by atoms with Crippen LogP contribution < -0.4 is 10.3 Å². The number of halogens is 1. The number of thiocarbonyl (C=S) groups is 1. The predicted molar refractivity (Wildman–Crippen MR) is 122 cm³/mol. The van der Waals surface area contributed by atoms with Crippen LogP contribution >= 0.6 is 35.6 Å². The van der Waals surface area contributed by atoms with Gasteiger partial charge in [0.25, 0.3) is 17.7 Å². The molecule has 9 heteroatoms. The van der Waals surface area contributed by atoms with E-state index in [1.165, 1.54) is 0 Å². The number of hydrogen-bond donors (Lipinski definition) is 1. The highest BCUT2D eigenvalue weighted by atomic mass is 35.5. The summed E-state index contributed by atoms with van der Waals surface area (Å²) >= 11 is 12.2. The van der Waals surface area contributed by atoms with Gasteiger partial charge in [-0.05, 0) is 49.0 Å². The first-order chi connectivity index (χ1) is 14.4. The minimum Gasteiger partial charge on any atom is -0.308 e. The maximum atomic E-state index is 13.1. The van der Waals surface area contributed by atoms with Gasteiger partial charge in [-0.25, -0.2) is 0 Å². The highest BCUT2D eigenvalue weighted by Gasteiger charge is 2.42. The minimum absolute atomic E-state index is 0.157. The van der Waals surface area contributed by atoms with Crippen LogP contribution in [0.3, 0.4) is 0 Å². The topological polar surface area (TPSA) is 69.7 Å². The van der Waals surface area contributed by atoms with E-state index in [-0.39, 0.29) is 15.1 Å². The second-order valence-corrected chi connectivity index (χ2v) is 8.72. The Hall–Kier alpha value is -2.68. The lowest BCUT2D eigenvalue weighted by molar-refractivity contribution is -0.124. The lowest BCUT2D eigenvalue weighted by Gasteiger charge is -2.16. The van der Waals surface area contributed by atoms with Gasteiger partial charge < -0.3 is 4.90 Å². The van der Waals surface area contributed by atoms with Crippen LogP contribution in [0.4, 0.5) is 5.69 Å². The van der Waals surface area contributed by atoms with Crippen molar-refractivity contribution in [2.24, 2.45) is 0 Å². The third-order valence-corrected chi connectivity index (χ3v) is 6.31. The Bertz CT molecular complexity index is 1110. The van der Waals surface area contributed by atoms with E-state index in [1.807, 2.05) is 31.2 Å². The first kappa shape index (κ1) is 20.6. The molecule has 0 unspecified atom stereocenters. The zero-order valence-corrected chi connectivity index (χ0v) is 18.2. The van der Waals surface area contributed by atoms with Gasteiger partial charge in [-0.1, -0.05) is 48.5 Å². The molecule has 3 amide bonds. The van der Waals surface area contributed by atoms with Crippen LogP contribution in [0, 0.1) is 0 Å². The molecule has 0 aromatic heterocycles. The smallest absolute Gasteiger partial charge is 0.286 e. The van der Waals surface area contributed by atoms with Crippen molar-refractivity contribution in [3.05, 3.63) is 69.6 Å². The Labute approximate surface area is 187 Å². The molecule has 0 bridgehead atoms. The van der Waals surface area contributed by atoms with Crippen molar-refractivity contribution < 1.29 is 14.4 Å². The molecule has 0 radical (unpaired) electrons. The Morgan fingerprint density at radius 2 is 1.80 bits per heavy atom. The molecule has 1 N–H and O–H groups in total. The van der Waals surface area contributed by atoms with E-state index >= 15 is 0 Å². The number of rotatable bonds is 4. The molecule has 0 aliphatic carbocycles. The molecule has 152 valence electrons. The SMILES string of the molecule is CCCN1C(=O)/C(=C2\SC(=S)N(NC(=O)c3ccc(Cl)cc3)C2=O)c2ccccc21. The van der Waals surface area contributed by atoms with Crippen molar-refractivity contribution >= 4 is 68.9 Å². The van der Waals surface area contributed by atoms with Gasteiger partial charge in [0.15, 0.2) is 4.32 Å². The van der Waals surface area contributed by atoms with Crippen molar-refractivity contribution in [2.45, 2.75) is 13.3 Å². The van der Waals surface area contributed by atoms with Crippen LogP contribution in [-0.2, 0) is 9.59 Å². The van der Waals surface area contributed by atoms with E-state index in [0.29, 0.717) is 28.3 Å². The largest absolute Gasteiger partial charge is 0.308 e. The van der Waals surface area contributed by atoms with Crippen LogP contribution in [0.1, 0.15) is 29.3 Å². The molecule has 1 fully saturated rings. The van der Waals surface area contributed by atoms with E-state index in [4.69, 9.17) is 23.8 Å². The summed E-state index contributed by atoms with van der Waals surface area (Å²) in [7, 11) is 0. The molecule has 2 aromatic carbocycles. The van der Waals surface area contributed by atoms with Crippen LogP contribution in [-0.4, -0.2) is 33.6 Å². The molecule has 2 aromatic rings. The number of anilines is 1. The standard InChI is InChI=1S/C21H16ClN3O3S2/c1-2-11-24-15-6-4-3-5-14(15)16(19(24)27)17-20(28)25(21(29)30-17)23-18(26)12-7-9-13(22)10-8-12/h3-10H,2,11H2,1H3,(H,23,26)/b17-16-. The number of nitrogens with one attached hydrogen (secondary N) is 1. The summed E-state index contributed by atoms with van der Waals surface area (Å²) in [4.78, 5) is 40.6. The average Bonchev–Trinajstić information content (AvgIpc) is 3.16. The highest BCUT2D eigenvalue weighted by molar-refractivity contribution is 8.26. The first-order valence-electron chi connectivity index (χ1n) is 9.20. The lowest BCUT2D eigenvalue weighted by Crippen LogP contribution is -2.45. The molecule has 6 nitrogen and oxygen atoms in total. The third kappa shape index (κ3) is 3.51. The molecule has 4 rings (SSSR count). The zero-order chi connectivity index (χ0) is 21.4. The quantitative estimate of drug-likeness (QED) is 0.555. The molecule has 2 aliphatic rings. The highest BCUT2D eigenvalue weighted by Crippen LogP contribution is 2.44. The predicted octanol–water partition coefficient (Wildman–Crippen LogP) is 4.01. The number of benzene rings is 2. The summed E-state index contributed by atoms with van der Waals surface area (Å²) in [6.45, 7) is 2.53. The van der Waals surface area contributed by atoms with Crippen LogP contribution in [0.15, 0.2) is 53.4 Å².